The van der Waals surface area contributed by atoms with Crippen molar-refractivity contribution < 1.29 is 0 Å². The maximum absolute atomic E-state index is 4.44. The molecule has 0 unspecified atom stereocenters. The molecule has 0 spiro atoms. The summed E-state index contributed by atoms with van der Waals surface area (Å²) in [5, 5.41) is 8.75. The molecule has 3 heterocycles. The first-order valence-electron chi connectivity index (χ1n) is 8.71. The molecule has 0 aliphatic heterocycles. The first-order valence-corrected chi connectivity index (χ1v) is 8.71. The van der Waals surface area contributed by atoms with Gasteiger partial charge in [0, 0.05) is 40.4 Å². The molecule has 7 nitrogen and oxygen atoms in total. The molecule has 0 saturated heterocycles. The molecule has 0 radical (unpaired) electrons. The predicted molar refractivity (Wildman–Crippen MR) is 104 cm³/mol. The third kappa shape index (κ3) is 3.51. The standard InChI is InChI=1S/C19H25N7/c1-12(2)26-18(7-8-21-26)25-15(5)10-17(16(25)6)11-20-24-19-22-13(3)9-14(4)23-19/h7-12H,1-6H3,(H,22,23,24)/b20-11-. The number of aromatic nitrogens is 5. The van der Waals surface area contributed by atoms with Crippen LogP contribution in [-0.2, 0) is 0 Å². The molecule has 0 fully saturated rings. The van der Waals surface area contributed by atoms with Crippen LogP contribution >= 0.6 is 0 Å². The normalized spacial score (nSPS) is 11.7. The van der Waals surface area contributed by atoms with Gasteiger partial charge in [0.05, 0.1) is 12.4 Å². The second-order valence-electron chi connectivity index (χ2n) is 6.73. The third-order valence-electron chi connectivity index (χ3n) is 4.19. The fourth-order valence-electron chi connectivity index (χ4n) is 3.09. The van der Waals surface area contributed by atoms with Gasteiger partial charge in [0.1, 0.15) is 5.82 Å². The maximum Gasteiger partial charge on any atom is 0.243 e. The minimum atomic E-state index is 0.293. The van der Waals surface area contributed by atoms with Gasteiger partial charge in [-0.15, -0.1) is 0 Å². The van der Waals surface area contributed by atoms with E-state index >= 15 is 0 Å². The minimum Gasteiger partial charge on any atom is -0.303 e. The van der Waals surface area contributed by atoms with Crippen molar-refractivity contribution in [1.29, 1.82) is 0 Å². The molecular formula is C19H25N7. The Morgan fingerprint density at radius 1 is 1.08 bits per heavy atom. The molecule has 0 atom stereocenters. The number of nitrogens with one attached hydrogen (secondary N) is 1. The van der Waals surface area contributed by atoms with Gasteiger partial charge in [-0.3, -0.25) is 0 Å². The summed E-state index contributed by atoms with van der Waals surface area (Å²) in [6, 6.07) is 6.37. The van der Waals surface area contributed by atoms with Gasteiger partial charge in [-0.1, -0.05) is 0 Å². The van der Waals surface area contributed by atoms with E-state index in [9.17, 15) is 0 Å². The van der Waals surface area contributed by atoms with Crippen LogP contribution < -0.4 is 5.43 Å². The molecule has 0 amide bonds. The molecule has 0 aliphatic rings. The number of nitrogens with zero attached hydrogens (tertiary/aromatic N) is 6. The molecule has 3 aromatic heterocycles. The number of hydrazone groups is 1. The summed E-state index contributed by atoms with van der Waals surface area (Å²) in [5.41, 5.74) is 8.02. The predicted octanol–water partition coefficient (Wildman–Crippen LogP) is 3.72. The van der Waals surface area contributed by atoms with E-state index in [1.54, 1.807) is 6.21 Å². The topological polar surface area (TPSA) is 72.9 Å². The van der Waals surface area contributed by atoms with Crippen LogP contribution in [0.3, 0.4) is 0 Å². The Morgan fingerprint density at radius 2 is 1.77 bits per heavy atom. The number of rotatable bonds is 5. The van der Waals surface area contributed by atoms with E-state index in [2.05, 4.69) is 63.9 Å². The van der Waals surface area contributed by atoms with Gasteiger partial charge in [-0.05, 0) is 53.7 Å². The monoisotopic (exact) mass is 351 g/mol. The van der Waals surface area contributed by atoms with E-state index in [0.29, 0.717) is 12.0 Å². The summed E-state index contributed by atoms with van der Waals surface area (Å²) < 4.78 is 4.21. The highest BCUT2D eigenvalue weighted by atomic mass is 15.4. The van der Waals surface area contributed by atoms with E-state index in [0.717, 1.165) is 34.2 Å². The quantitative estimate of drug-likeness (QED) is 0.561. The van der Waals surface area contributed by atoms with Gasteiger partial charge >= 0.3 is 0 Å². The van der Waals surface area contributed by atoms with E-state index in [1.807, 2.05) is 36.9 Å². The van der Waals surface area contributed by atoms with Crippen LogP contribution in [0.15, 0.2) is 29.5 Å². The average molecular weight is 351 g/mol. The highest BCUT2D eigenvalue weighted by molar-refractivity contribution is 5.82. The summed E-state index contributed by atoms with van der Waals surface area (Å²) in [6.45, 7) is 12.3. The van der Waals surface area contributed by atoms with Crippen LogP contribution in [0.1, 0.15) is 48.2 Å². The van der Waals surface area contributed by atoms with E-state index in [4.69, 9.17) is 0 Å². The lowest BCUT2D eigenvalue weighted by molar-refractivity contribution is 0.519. The highest BCUT2D eigenvalue weighted by Gasteiger charge is 2.14. The Balaban J connectivity index is 1.87. The van der Waals surface area contributed by atoms with Crippen molar-refractivity contribution in [2.24, 2.45) is 5.10 Å². The molecule has 0 aliphatic carbocycles. The molecule has 0 saturated carbocycles. The van der Waals surface area contributed by atoms with Crippen LogP contribution in [0, 0.1) is 27.7 Å². The number of hydrogen-bond donors (Lipinski definition) is 1. The first kappa shape index (κ1) is 17.8. The number of anilines is 1. The van der Waals surface area contributed by atoms with Crippen LogP contribution in [-0.4, -0.2) is 30.5 Å². The molecule has 0 bridgehead atoms. The first-order chi connectivity index (χ1) is 12.4. The van der Waals surface area contributed by atoms with Gasteiger partial charge in [0.15, 0.2) is 0 Å². The molecule has 7 heteroatoms. The molecule has 136 valence electrons. The molecule has 0 aromatic carbocycles. The zero-order valence-electron chi connectivity index (χ0n) is 16.1. The van der Waals surface area contributed by atoms with Gasteiger partial charge < -0.3 is 4.57 Å². The lowest BCUT2D eigenvalue weighted by Gasteiger charge is -2.14. The van der Waals surface area contributed by atoms with Crippen molar-refractivity contribution in [3.63, 3.8) is 0 Å². The SMILES string of the molecule is Cc1cc(C)nc(N/N=C\c2cc(C)n(-c3ccnn3C(C)C)c2C)n1. The zero-order valence-corrected chi connectivity index (χ0v) is 16.1. The number of aryl methyl sites for hydroxylation is 3. The lowest BCUT2D eigenvalue weighted by atomic mass is 10.3. The average Bonchev–Trinajstić information content (AvgIpc) is 3.11. The van der Waals surface area contributed by atoms with Crippen molar-refractivity contribution in [1.82, 2.24) is 24.3 Å². The fourth-order valence-corrected chi connectivity index (χ4v) is 3.09. The molecule has 3 rings (SSSR count). The zero-order chi connectivity index (χ0) is 18.8. The fraction of sp³-hybridized carbons (Fsp3) is 0.368. The van der Waals surface area contributed by atoms with Crippen LogP contribution in [0.25, 0.3) is 5.82 Å². The van der Waals surface area contributed by atoms with Gasteiger partial charge in [0.2, 0.25) is 5.95 Å². The van der Waals surface area contributed by atoms with Crippen LogP contribution in [0.2, 0.25) is 0 Å². The van der Waals surface area contributed by atoms with Crippen LogP contribution in [0.4, 0.5) is 5.95 Å². The second kappa shape index (κ2) is 7.11. The minimum absolute atomic E-state index is 0.293. The van der Waals surface area contributed by atoms with E-state index in [-0.39, 0.29) is 0 Å². The summed E-state index contributed by atoms with van der Waals surface area (Å²) >= 11 is 0. The van der Waals surface area contributed by atoms with E-state index in [1.165, 1.54) is 0 Å². The lowest BCUT2D eigenvalue weighted by Crippen LogP contribution is -2.11. The van der Waals surface area contributed by atoms with Crippen molar-refractivity contribution in [3.05, 3.63) is 52.7 Å². The Bertz CT molecular complexity index is 927. The van der Waals surface area contributed by atoms with Gasteiger partial charge in [0.25, 0.3) is 0 Å². The van der Waals surface area contributed by atoms with Crippen molar-refractivity contribution >= 4 is 12.2 Å². The Labute approximate surface area is 153 Å². The Hall–Kier alpha value is -2.96. The van der Waals surface area contributed by atoms with Gasteiger partial charge in [-0.2, -0.15) is 10.2 Å². The molecule has 26 heavy (non-hydrogen) atoms. The highest BCUT2D eigenvalue weighted by Crippen LogP contribution is 2.21. The summed E-state index contributed by atoms with van der Waals surface area (Å²) in [7, 11) is 0. The Kier molecular flexibility index (Phi) is 4.88. The summed E-state index contributed by atoms with van der Waals surface area (Å²) in [6.07, 6.45) is 3.64. The molecule has 3 aromatic rings. The van der Waals surface area contributed by atoms with Crippen molar-refractivity contribution in [2.75, 3.05) is 5.43 Å². The Morgan fingerprint density at radius 3 is 2.42 bits per heavy atom. The largest absolute Gasteiger partial charge is 0.303 e. The summed E-state index contributed by atoms with van der Waals surface area (Å²) in [4.78, 5) is 8.66. The van der Waals surface area contributed by atoms with E-state index < -0.39 is 0 Å². The molecule has 1 N–H and O–H groups in total. The number of hydrogen-bond acceptors (Lipinski definition) is 5. The molecular weight excluding hydrogens is 326 g/mol. The second-order valence-corrected chi connectivity index (χ2v) is 6.73. The third-order valence-corrected chi connectivity index (χ3v) is 4.19. The van der Waals surface area contributed by atoms with Crippen molar-refractivity contribution in [3.8, 4) is 5.82 Å². The van der Waals surface area contributed by atoms with Crippen LogP contribution in [0.5, 0.6) is 0 Å². The summed E-state index contributed by atoms with van der Waals surface area (Å²) in [5.74, 6) is 1.56. The van der Waals surface area contributed by atoms with Crippen molar-refractivity contribution in [2.45, 2.75) is 47.6 Å². The van der Waals surface area contributed by atoms with Gasteiger partial charge in [-0.25, -0.2) is 20.1 Å². The maximum atomic E-state index is 4.44. The smallest absolute Gasteiger partial charge is 0.243 e.